The van der Waals surface area contributed by atoms with Gasteiger partial charge in [-0.1, -0.05) is 0 Å². The van der Waals surface area contributed by atoms with E-state index >= 15 is 0 Å². The Morgan fingerprint density at radius 1 is 1.30 bits per heavy atom. The van der Waals surface area contributed by atoms with E-state index in [-0.39, 0.29) is 11.0 Å². The third kappa shape index (κ3) is 3.61. The number of benzene rings is 1. The van der Waals surface area contributed by atoms with Crippen LogP contribution in [0.2, 0.25) is 0 Å². The van der Waals surface area contributed by atoms with E-state index in [1.807, 2.05) is 10.8 Å². The second-order valence-electron chi connectivity index (χ2n) is 5.20. The summed E-state index contributed by atoms with van der Waals surface area (Å²) < 4.78 is 38.9. The van der Waals surface area contributed by atoms with Crippen LogP contribution < -0.4 is 4.72 Å². The Morgan fingerprint density at radius 2 is 2.09 bits per heavy atom. The first-order chi connectivity index (χ1) is 11.1. The maximum atomic E-state index is 11.8. The first-order valence-electron chi connectivity index (χ1n) is 7.34. The van der Waals surface area contributed by atoms with Gasteiger partial charge in [-0.15, -0.1) is 0 Å². The summed E-state index contributed by atoms with van der Waals surface area (Å²) in [6.45, 7) is 2.45. The summed E-state index contributed by atoms with van der Waals surface area (Å²) in [4.78, 5) is 4.59. The minimum Gasteiger partial charge on any atom is -0.376 e. The highest BCUT2D eigenvalue weighted by atomic mass is 32.2. The third-order valence-corrected chi connectivity index (χ3v) is 5.12. The number of nitrogens with zero attached hydrogens (tertiary/aromatic N) is 2. The van der Waals surface area contributed by atoms with Gasteiger partial charge >= 0.3 is 0 Å². The zero-order chi connectivity index (χ0) is 16.3. The van der Waals surface area contributed by atoms with Crippen molar-refractivity contribution in [1.29, 1.82) is 0 Å². The molecular formula is C15H19N3O4S. The van der Waals surface area contributed by atoms with Gasteiger partial charge in [-0.2, -0.15) is 0 Å². The molecule has 3 rings (SSSR count). The molecule has 1 N–H and O–H groups in total. The van der Waals surface area contributed by atoms with Gasteiger partial charge in [0.2, 0.25) is 10.0 Å². The maximum Gasteiger partial charge on any atom is 0.240 e. The van der Waals surface area contributed by atoms with Gasteiger partial charge in [0, 0.05) is 18.0 Å². The molecule has 0 amide bonds. The van der Waals surface area contributed by atoms with Crippen molar-refractivity contribution in [1.82, 2.24) is 14.3 Å². The lowest BCUT2D eigenvalue weighted by Crippen LogP contribution is -2.32. The lowest BCUT2D eigenvalue weighted by molar-refractivity contribution is -0.0934. The number of rotatable bonds is 5. The second-order valence-corrected chi connectivity index (χ2v) is 7.09. The Balaban J connectivity index is 1.81. The van der Waals surface area contributed by atoms with Crippen LogP contribution in [0, 0.1) is 0 Å². The van der Waals surface area contributed by atoms with E-state index in [9.17, 15) is 8.42 Å². The molecule has 2 aromatic rings. The number of aromatic nitrogens is 2. The van der Waals surface area contributed by atoms with E-state index in [0.717, 1.165) is 11.4 Å². The number of nitrogens with one attached hydrogen (secondary N) is 1. The van der Waals surface area contributed by atoms with Crippen molar-refractivity contribution in [3.8, 4) is 11.4 Å². The molecule has 0 bridgehead atoms. The van der Waals surface area contributed by atoms with Gasteiger partial charge in [0.25, 0.3) is 0 Å². The summed E-state index contributed by atoms with van der Waals surface area (Å²) in [5.74, 6) is 0.771. The SMILES string of the molecule is CNS(=O)(=O)c1ccc(-c2nccn2CC2COCCO2)cc1. The third-order valence-electron chi connectivity index (χ3n) is 3.69. The molecule has 8 heteroatoms. The van der Waals surface area contributed by atoms with Crippen LogP contribution in [0.4, 0.5) is 0 Å². The van der Waals surface area contributed by atoms with Crippen LogP contribution in [0.25, 0.3) is 11.4 Å². The van der Waals surface area contributed by atoms with Crippen molar-refractivity contribution in [2.45, 2.75) is 17.5 Å². The maximum absolute atomic E-state index is 11.8. The summed E-state index contributed by atoms with van der Waals surface area (Å²) in [6.07, 6.45) is 3.60. The molecule has 0 spiro atoms. The average Bonchev–Trinajstić information content (AvgIpc) is 3.04. The molecule has 124 valence electrons. The van der Waals surface area contributed by atoms with E-state index in [0.29, 0.717) is 26.4 Å². The number of sulfonamides is 1. The summed E-state index contributed by atoms with van der Waals surface area (Å²) in [7, 11) is -2.04. The van der Waals surface area contributed by atoms with Crippen LogP contribution in [-0.2, 0) is 26.0 Å². The highest BCUT2D eigenvalue weighted by Crippen LogP contribution is 2.21. The van der Waals surface area contributed by atoms with Gasteiger partial charge in [0.1, 0.15) is 5.82 Å². The molecule has 0 radical (unpaired) electrons. The second kappa shape index (κ2) is 6.79. The normalized spacial score (nSPS) is 18.9. The highest BCUT2D eigenvalue weighted by molar-refractivity contribution is 7.89. The lowest BCUT2D eigenvalue weighted by atomic mass is 10.2. The van der Waals surface area contributed by atoms with E-state index in [4.69, 9.17) is 9.47 Å². The van der Waals surface area contributed by atoms with Crippen LogP contribution >= 0.6 is 0 Å². The van der Waals surface area contributed by atoms with E-state index in [1.165, 1.54) is 7.05 Å². The first kappa shape index (κ1) is 16.1. The molecule has 23 heavy (non-hydrogen) atoms. The molecule has 1 aliphatic rings. The standard InChI is InChI=1S/C15H19N3O4S/c1-16-23(19,20)14-4-2-12(3-5-14)15-17-6-7-18(15)10-13-11-21-8-9-22-13/h2-7,13,16H,8-11H2,1H3. The smallest absolute Gasteiger partial charge is 0.240 e. The van der Waals surface area contributed by atoms with Gasteiger partial charge in [-0.05, 0) is 31.3 Å². The van der Waals surface area contributed by atoms with Crippen molar-refractivity contribution >= 4 is 10.0 Å². The van der Waals surface area contributed by atoms with Gasteiger partial charge in [0.15, 0.2) is 0 Å². The number of ether oxygens (including phenoxy) is 2. The Hall–Kier alpha value is -1.74. The topological polar surface area (TPSA) is 82.5 Å². The predicted octanol–water partition coefficient (Wildman–Crippen LogP) is 0.874. The average molecular weight is 337 g/mol. The quantitative estimate of drug-likeness (QED) is 0.875. The molecule has 1 unspecified atom stereocenters. The summed E-state index contributed by atoms with van der Waals surface area (Å²) in [6, 6.07) is 6.64. The van der Waals surface area contributed by atoms with Crippen LogP contribution in [-0.4, -0.2) is 50.9 Å². The minimum atomic E-state index is -3.43. The van der Waals surface area contributed by atoms with Crippen molar-refractivity contribution in [3.63, 3.8) is 0 Å². The van der Waals surface area contributed by atoms with E-state index in [1.54, 1.807) is 30.5 Å². The summed E-state index contributed by atoms with van der Waals surface area (Å²) >= 11 is 0. The van der Waals surface area contributed by atoms with Gasteiger partial charge in [-0.25, -0.2) is 18.1 Å². The Bertz CT molecular complexity index is 749. The molecule has 1 aromatic carbocycles. The zero-order valence-corrected chi connectivity index (χ0v) is 13.6. The molecule has 7 nitrogen and oxygen atoms in total. The fourth-order valence-corrected chi connectivity index (χ4v) is 3.21. The van der Waals surface area contributed by atoms with Crippen molar-refractivity contribution < 1.29 is 17.9 Å². The van der Waals surface area contributed by atoms with E-state index < -0.39 is 10.0 Å². The Morgan fingerprint density at radius 3 is 2.74 bits per heavy atom. The van der Waals surface area contributed by atoms with Crippen molar-refractivity contribution in [2.24, 2.45) is 0 Å². The largest absolute Gasteiger partial charge is 0.376 e. The monoisotopic (exact) mass is 337 g/mol. The van der Waals surface area contributed by atoms with Crippen LogP contribution in [0.15, 0.2) is 41.6 Å². The molecule has 1 saturated heterocycles. The number of imidazole rings is 1. The van der Waals surface area contributed by atoms with E-state index in [2.05, 4.69) is 9.71 Å². The summed E-state index contributed by atoms with van der Waals surface area (Å²) in [5.41, 5.74) is 0.849. The molecule has 2 heterocycles. The fourth-order valence-electron chi connectivity index (χ4n) is 2.48. The summed E-state index contributed by atoms with van der Waals surface area (Å²) in [5, 5.41) is 0. The van der Waals surface area contributed by atoms with Crippen LogP contribution in [0.5, 0.6) is 0 Å². The lowest BCUT2D eigenvalue weighted by Gasteiger charge is -2.23. The molecule has 1 aliphatic heterocycles. The van der Waals surface area contributed by atoms with Gasteiger partial charge in [-0.3, -0.25) is 0 Å². The van der Waals surface area contributed by atoms with Crippen molar-refractivity contribution in [3.05, 3.63) is 36.7 Å². The van der Waals surface area contributed by atoms with Crippen LogP contribution in [0.3, 0.4) is 0 Å². The van der Waals surface area contributed by atoms with Gasteiger partial charge < -0.3 is 14.0 Å². The molecule has 1 aromatic heterocycles. The molecule has 1 atom stereocenters. The number of hydrogen-bond acceptors (Lipinski definition) is 5. The fraction of sp³-hybridized carbons (Fsp3) is 0.400. The van der Waals surface area contributed by atoms with Crippen molar-refractivity contribution in [2.75, 3.05) is 26.9 Å². The Labute approximate surface area is 135 Å². The highest BCUT2D eigenvalue weighted by Gasteiger charge is 2.17. The number of hydrogen-bond donors (Lipinski definition) is 1. The Kier molecular flexibility index (Phi) is 4.76. The predicted molar refractivity (Wildman–Crippen MR) is 84.5 cm³/mol. The molecule has 1 fully saturated rings. The molecular weight excluding hydrogens is 318 g/mol. The molecule has 0 saturated carbocycles. The van der Waals surface area contributed by atoms with Gasteiger partial charge in [0.05, 0.1) is 37.4 Å². The zero-order valence-electron chi connectivity index (χ0n) is 12.8. The van der Waals surface area contributed by atoms with Crippen LogP contribution in [0.1, 0.15) is 0 Å². The minimum absolute atomic E-state index is 0.000595. The first-order valence-corrected chi connectivity index (χ1v) is 8.83. The molecule has 0 aliphatic carbocycles.